The standard InChI is InChI=1S/C15H23N5O2/c1-10(17-15(22)11-6-7-13(21)16-9-11)14-19-18-12-5-3-2-4-8-20(12)14/h10-11H,2-9H2,1H3,(H,16,21)(H,17,22)/t10-,11-/m0/s1. The quantitative estimate of drug-likeness (QED) is 0.860. The van der Waals surface area contributed by atoms with Gasteiger partial charge in [0.1, 0.15) is 5.82 Å². The Kier molecular flexibility index (Phi) is 4.40. The van der Waals surface area contributed by atoms with Gasteiger partial charge in [-0.2, -0.15) is 0 Å². The van der Waals surface area contributed by atoms with Gasteiger partial charge in [0.2, 0.25) is 11.8 Å². The highest BCUT2D eigenvalue weighted by atomic mass is 16.2. The number of nitrogens with zero attached hydrogens (tertiary/aromatic N) is 3. The zero-order chi connectivity index (χ0) is 15.5. The molecule has 0 aromatic carbocycles. The number of rotatable bonds is 3. The Balaban J connectivity index is 1.64. The van der Waals surface area contributed by atoms with Gasteiger partial charge in [-0.1, -0.05) is 6.42 Å². The number of hydrogen-bond acceptors (Lipinski definition) is 4. The van der Waals surface area contributed by atoms with Gasteiger partial charge >= 0.3 is 0 Å². The summed E-state index contributed by atoms with van der Waals surface area (Å²) < 4.78 is 2.15. The van der Waals surface area contributed by atoms with E-state index >= 15 is 0 Å². The predicted octanol–water partition coefficient (Wildman–Crippen LogP) is 0.708. The van der Waals surface area contributed by atoms with Gasteiger partial charge in [0.25, 0.3) is 0 Å². The van der Waals surface area contributed by atoms with Crippen LogP contribution in [0.3, 0.4) is 0 Å². The van der Waals surface area contributed by atoms with Gasteiger partial charge < -0.3 is 15.2 Å². The van der Waals surface area contributed by atoms with Crippen molar-refractivity contribution >= 4 is 11.8 Å². The number of amides is 2. The molecule has 0 unspecified atom stereocenters. The first-order valence-corrected chi connectivity index (χ1v) is 8.14. The molecule has 0 bridgehead atoms. The SMILES string of the molecule is C[C@H](NC(=O)[C@H]1CCC(=O)NC1)c1nnc2n1CCCCC2. The summed E-state index contributed by atoms with van der Waals surface area (Å²) in [6.07, 6.45) is 5.50. The lowest BCUT2D eigenvalue weighted by Crippen LogP contribution is -2.43. The van der Waals surface area contributed by atoms with Crippen LogP contribution in [0, 0.1) is 5.92 Å². The molecule has 22 heavy (non-hydrogen) atoms. The second-order valence-electron chi connectivity index (χ2n) is 6.21. The molecule has 2 aliphatic heterocycles. The van der Waals surface area contributed by atoms with Gasteiger partial charge in [-0.15, -0.1) is 10.2 Å². The zero-order valence-corrected chi connectivity index (χ0v) is 13.0. The van der Waals surface area contributed by atoms with E-state index in [1.165, 1.54) is 6.42 Å². The van der Waals surface area contributed by atoms with Crippen LogP contribution in [0.2, 0.25) is 0 Å². The highest BCUT2D eigenvalue weighted by Gasteiger charge is 2.27. The monoisotopic (exact) mass is 305 g/mol. The van der Waals surface area contributed by atoms with Crippen LogP contribution in [-0.2, 0) is 22.6 Å². The van der Waals surface area contributed by atoms with Crippen molar-refractivity contribution in [3.05, 3.63) is 11.6 Å². The molecular weight excluding hydrogens is 282 g/mol. The minimum absolute atomic E-state index is 0.0153. The molecule has 120 valence electrons. The molecule has 0 spiro atoms. The third kappa shape index (κ3) is 3.13. The fraction of sp³-hybridized carbons (Fsp3) is 0.733. The van der Waals surface area contributed by atoms with Crippen molar-refractivity contribution in [2.45, 2.75) is 58.0 Å². The second kappa shape index (κ2) is 6.46. The lowest BCUT2D eigenvalue weighted by molar-refractivity contribution is -0.129. The number of carbonyl (C=O) groups is 2. The number of aromatic nitrogens is 3. The van der Waals surface area contributed by atoms with Crippen molar-refractivity contribution in [2.24, 2.45) is 5.92 Å². The van der Waals surface area contributed by atoms with Crippen LogP contribution in [0.15, 0.2) is 0 Å². The third-order valence-corrected chi connectivity index (χ3v) is 4.52. The smallest absolute Gasteiger partial charge is 0.225 e. The Morgan fingerprint density at radius 2 is 2.18 bits per heavy atom. The summed E-state index contributed by atoms with van der Waals surface area (Å²) in [4.78, 5) is 23.5. The molecule has 3 heterocycles. The highest BCUT2D eigenvalue weighted by molar-refractivity contribution is 5.83. The summed E-state index contributed by atoms with van der Waals surface area (Å²) in [5.74, 6) is 1.73. The number of aryl methyl sites for hydroxylation is 1. The van der Waals surface area contributed by atoms with Crippen molar-refractivity contribution in [2.75, 3.05) is 6.54 Å². The van der Waals surface area contributed by atoms with E-state index in [-0.39, 0.29) is 23.8 Å². The molecule has 0 saturated carbocycles. The van der Waals surface area contributed by atoms with Crippen LogP contribution >= 0.6 is 0 Å². The van der Waals surface area contributed by atoms with Crippen molar-refractivity contribution in [1.82, 2.24) is 25.4 Å². The fourth-order valence-electron chi connectivity index (χ4n) is 3.18. The molecule has 1 aromatic rings. The Morgan fingerprint density at radius 1 is 1.32 bits per heavy atom. The van der Waals surface area contributed by atoms with Crippen molar-refractivity contribution in [1.29, 1.82) is 0 Å². The minimum Gasteiger partial charge on any atom is -0.355 e. The maximum Gasteiger partial charge on any atom is 0.225 e. The summed E-state index contributed by atoms with van der Waals surface area (Å²) in [7, 11) is 0. The molecule has 1 saturated heterocycles. The molecule has 1 fully saturated rings. The molecule has 7 heteroatoms. The average molecular weight is 305 g/mol. The number of nitrogens with one attached hydrogen (secondary N) is 2. The normalized spacial score (nSPS) is 23.1. The Hall–Kier alpha value is -1.92. The number of piperidine rings is 1. The summed E-state index contributed by atoms with van der Waals surface area (Å²) in [6, 6.07) is -0.163. The van der Waals surface area contributed by atoms with Gasteiger partial charge in [0.05, 0.1) is 12.0 Å². The van der Waals surface area contributed by atoms with Crippen LogP contribution in [0.1, 0.15) is 56.7 Å². The molecule has 7 nitrogen and oxygen atoms in total. The minimum atomic E-state index is -0.163. The largest absolute Gasteiger partial charge is 0.355 e. The first-order chi connectivity index (χ1) is 10.6. The first kappa shape index (κ1) is 15.0. The predicted molar refractivity (Wildman–Crippen MR) is 79.9 cm³/mol. The van der Waals surface area contributed by atoms with Crippen LogP contribution in [0.4, 0.5) is 0 Å². The maximum absolute atomic E-state index is 12.3. The second-order valence-corrected chi connectivity index (χ2v) is 6.21. The molecule has 2 atom stereocenters. The molecular formula is C15H23N5O2. The van der Waals surface area contributed by atoms with E-state index in [4.69, 9.17) is 0 Å². The van der Waals surface area contributed by atoms with Crippen molar-refractivity contribution < 1.29 is 9.59 Å². The van der Waals surface area contributed by atoms with E-state index in [1.807, 2.05) is 6.92 Å². The topological polar surface area (TPSA) is 88.9 Å². The Labute approximate surface area is 129 Å². The molecule has 0 radical (unpaired) electrons. The van der Waals surface area contributed by atoms with Gasteiger partial charge in [0.15, 0.2) is 5.82 Å². The van der Waals surface area contributed by atoms with E-state index in [0.717, 1.165) is 37.5 Å². The van der Waals surface area contributed by atoms with Crippen LogP contribution in [0.25, 0.3) is 0 Å². The summed E-state index contributed by atoms with van der Waals surface area (Å²) in [5, 5.41) is 14.3. The third-order valence-electron chi connectivity index (χ3n) is 4.52. The highest BCUT2D eigenvalue weighted by Crippen LogP contribution is 2.19. The molecule has 2 amide bonds. The number of carbonyl (C=O) groups excluding carboxylic acids is 2. The van der Waals surface area contributed by atoms with Crippen molar-refractivity contribution in [3.63, 3.8) is 0 Å². The lowest BCUT2D eigenvalue weighted by atomic mass is 9.98. The number of hydrogen-bond donors (Lipinski definition) is 2. The van der Waals surface area contributed by atoms with Crippen molar-refractivity contribution in [3.8, 4) is 0 Å². The van der Waals surface area contributed by atoms with Gasteiger partial charge in [-0.05, 0) is 26.2 Å². The Morgan fingerprint density at radius 3 is 2.95 bits per heavy atom. The van der Waals surface area contributed by atoms with Crippen LogP contribution in [0.5, 0.6) is 0 Å². The first-order valence-electron chi connectivity index (χ1n) is 8.14. The van der Waals surface area contributed by atoms with E-state index in [0.29, 0.717) is 19.4 Å². The number of fused-ring (bicyclic) bond motifs is 1. The Bertz CT molecular complexity index is 558. The molecule has 2 aliphatic rings. The van der Waals surface area contributed by atoms with E-state index in [9.17, 15) is 9.59 Å². The summed E-state index contributed by atoms with van der Waals surface area (Å²) >= 11 is 0. The summed E-state index contributed by atoms with van der Waals surface area (Å²) in [6.45, 7) is 3.30. The lowest BCUT2D eigenvalue weighted by Gasteiger charge is -2.23. The van der Waals surface area contributed by atoms with Gasteiger partial charge in [-0.3, -0.25) is 9.59 Å². The van der Waals surface area contributed by atoms with E-state index in [2.05, 4.69) is 25.4 Å². The van der Waals surface area contributed by atoms with Gasteiger partial charge in [-0.25, -0.2) is 0 Å². The maximum atomic E-state index is 12.3. The average Bonchev–Trinajstić information content (AvgIpc) is 2.77. The molecule has 2 N–H and O–H groups in total. The molecule has 0 aliphatic carbocycles. The zero-order valence-electron chi connectivity index (χ0n) is 13.0. The van der Waals surface area contributed by atoms with Crippen LogP contribution < -0.4 is 10.6 Å². The van der Waals surface area contributed by atoms with E-state index in [1.54, 1.807) is 0 Å². The van der Waals surface area contributed by atoms with E-state index < -0.39 is 0 Å². The fourth-order valence-corrected chi connectivity index (χ4v) is 3.18. The van der Waals surface area contributed by atoms with Crippen LogP contribution in [-0.4, -0.2) is 33.1 Å². The van der Waals surface area contributed by atoms with Gasteiger partial charge in [0, 0.05) is 25.9 Å². The molecule has 1 aromatic heterocycles. The molecule has 3 rings (SSSR count). The summed E-state index contributed by atoms with van der Waals surface area (Å²) in [5.41, 5.74) is 0.